The second-order valence-electron chi connectivity index (χ2n) is 2.17. The fourth-order valence-corrected chi connectivity index (χ4v) is 2.31. The topological polar surface area (TPSA) is 53.4 Å². The molecule has 0 aliphatic rings. The maximum Gasteiger partial charge on any atom is 0.132 e. The number of aliphatic hydroxyl groups is 2. The van der Waals surface area contributed by atoms with Crippen LogP contribution in [0.2, 0.25) is 0 Å². The van der Waals surface area contributed by atoms with E-state index in [4.69, 9.17) is 0 Å². The molecule has 0 aromatic carbocycles. The summed E-state index contributed by atoms with van der Waals surface area (Å²) in [6.45, 7) is 0. The van der Waals surface area contributed by atoms with Gasteiger partial charge >= 0.3 is 0 Å². The first-order valence-corrected chi connectivity index (χ1v) is 5.97. The molecule has 1 aromatic heterocycles. The van der Waals surface area contributed by atoms with E-state index >= 15 is 0 Å². The molecule has 0 saturated heterocycles. The zero-order chi connectivity index (χ0) is 9.14. The lowest BCUT2D eigenvalue weighted by Gasteiger charge is -2.11. The molecule has 68 valence electrons. The Labute approximate surface area is 90.7 Å². The molecule has 0 bridgehead atoms. The van der Waals surface area contributed by atoms with E-state index in [2.05, 4.69) is 36.8 Å². The van der Waals surface area contributed by atoms with Crippen LogP contribution in [0.25, 0.3) is 0 Å². The quantitative estimate of drug-likeness (QED) is 0.835. The van der Waals surface area contributed by atoms with Crippen LogP contribution in [-0.4, -0.2) is 26.6 Å². The number of nitrogens with zero attached hydrogens (tertiary/aromatic N) is 1. The summed E-state index contributed by atoms with van der Waals surface area (Å²) in [6.07, 6.45) is -1.70. The van der Waals surface area contributed by atoms with Crippen molar-refractivity contribution in [2.75, 3.05) is 5.33 Å². The van der Waals surface area contributed by atoms with Gasteiger partial charge in [-0.1, -0.05) is 15.9 Å². The van der Waals surface area contributed by atoms with Gasteiger partial charge < -0.3 is 10.2 Å². The molecule has 2 N–H and O–H groups in total. The largest absolute Gasteiger partial charge is 0.389 e. The molecular weight excluding hydrogens is 310 g/mol. The molecule has 0 radical (unpaired) electrons. The Balaban J connectivity index is 2.70. The van der Waals surface area contributed by atoms with E-state index in [9.17, 15) is 10.2 Å². The van der Waals surface area contributed by atoms with Gasteiger partial charge in [0.15, 0.2) is 0 Å². The van der Waals surface area contributed by atoms with Crippen LogP contribution in [0.1, 0.15) is 11.1 Å². The molecular formula is C6H7Br2NO2S. The number of aromatic nitrogens is 1. The number of halogens is 2. The lowest BCUT2D eigenvalue weighted by molar-refractivity contribution is 0.0340. The molecule has 0 amide bonds. The first-order chi connectivity index (χ1) is 5.65. The van der Waals surface area contributed by atoms with Crippen LogP contribution in [0.4, 0.5) is 0 Å². The summed E-state index contributed by atoms with van der Waals surface area (Å²) >= 11 is 7.55. The van der Waals surface area contributed by atoms with Crippen molar-refractivity contribution in [3.63, 3.8) is 0 Å². The van der Waals surface area contributed by atoms with Gasteiger partial charge in [0.1, 0.15) is 15.7 Å². The molecule has 6 heteroatoms. The van der Waals surface area contributed by atoms with E-state index in [1.807, 2.05) is 0 Å². The van der Waals surface area contributed by atoms with Crippen molar-refractivity contribution in [3.8, 4) is 0 Å². The predicted molar refractivity (Wildman–Crippen MR) is 54.6 cm³/mol. The van der Waals surface area contributed by atoms with Crippen LogP contribution < -0.4 is 0 Å². The standard InChI is InChI=1S/C6H7Br2NO2S/c7-1-3(10)5(11)6-9-4(8)2-12-6/h2-3,5,10-11H,1H2. The summed E-state index contributed by atoms with van der Waals surface area (Å²) in [5.74, 6) is 0. The predicted octanol–water partition coefficient (Wildman–Crippen LogP) is 1.69. The van der Waals surface area contributed by atoms with Gasteiger partial charge in [0.2, 0.25) is 0 Å². The lowest BCUT2D eigenvalue weighted by atomic mass is 10.2. The van der Waals surface area contributed by atoms with E-state index in [1.54, 1.807) is 5.38 Å². The van der Waals surface area contributed by atoms with Crippen molar-refractivity contribution >= 4 is 43.2 Å². The van der Waals surface area contributed by atoms with E-state index in [1.165, 1.54) is 11.3 Å². The Hall–Kier alpha value is 0.510. The SMILES string of the molecule is OC(CBr)C(O)c1nc(Br)cs1. The first kappa shape index (κ1) is 10.6. The van der Waals surface area contributed by atoms with E-state index in [0.29, 0.717) is 14.9 Å². The highest BCUT2D eigenvalue weighted by atomic mass is 79.9. The number of hydrogen-bond acceptors (Lipinski definition) is 4. The summed E-state index contributed by atoms with van der Waals surface area (Å²) in [4.78, 5) is 3.98. The van der Waals surface area contributed by atoms with Crippen molar-refractivity contribution in [1.82, 2.24) is 4.98 Å². The second kappa shape index (κ2) is 4.66. The molecule has 3 nitrogen and oxygen atoms in total. The van der Waals surface area contributed by atoms with Gasteiger partial charge in [0.05, 0.1) is 6.10 Å². The number of thiazole rings is 1. The Bertz CT molecular complexity index is 255. The molecule has 1 heterocycles. The molecule has 2 atom stereocenters. The van der Waals surface area contributed by atoms with Crippen molar-refractivity contribution in [2.45, 2.75) is 12.2 Å². The number of aliphatic hydroxyl groups excluding tert-OH is 2. The lowest BCUT2D eigenvalue weighted by Crippen LogP contribution is -2.19. The molecule has 12 heavy (non-hydrogen) atoms. The Morgan fingerprint density at radius 2 is 2.25 bits per heavy atom. The third-order valence-corrected chi connectivity index (χ3v) is 3.56. The van der Waals surface area contributed by atoms with Crippen LogP contribution in [0.5, 0.6) is 0 Å². The summed E-state index contributed by atoms with van der Waals surface area (Å²) in [6, 6.07) is 0. The Morgan fingerprint density at radius 3 is 2.67 bits per heavy atom. The maximum absolute atomic E-state index is 9.45. The third kappa shape index (κ3) is 2.50. The summed E-state index contributed by atoms with van der Waals surface area (Å²) < 4.78 is 0.684. The normalized spacial score (nSPS) is 16.0. The first-order valence-electron chi connectivity index (χ1n) is 3.18. The molecule has 1 rings (SSSR count). The van der Waals surface area contributed by atoms with Crippen LogP contribution in [0.15, 0.2) is 9.98 Å². The van der Waals surface area contributed by atoms with Crippen molar-refractivity contribution < 1.29 is 10.2 Å². The third-order valence-electron chi connectivity index (χ3n) is 1.27. The fourth-order valence-electron chi connectivity index (χ4n) is 0.652. The van der Waals surface area contributed by atoms with Crippen LogP contribution >= 0.6 is 43.2 Å². The minimum atomic E-state index is -0.902. The average molecular weight is 317 g/mol. The van der Waals surface area contributed by atoms with Gasteiger partial charge in [-0.3, -0.25) is 0 Å². The molecule has 2 unspecified atom stereocenters. The van der Waals surface area contributed by atoms with Gasteiger partial charge in [-0.05, 0) is 15.9 Å². The number of alkyl halides is 1. The summed E-state index contributed by atoms with van der Waals surface area (Å²) in [5.41, 5.74) is 0. The zero-order valence-corrected chi connectivity index (χ0v) is 9.93. The van der Waals surface area contributed by atoms with E-state index < -0.39 is 12.2 Å². The van der Waals surface area contributed by atoms with Gasteiger partial charge in [0, 0.05) is 10.7 Å². The van der Waals surface area contributed by atoms with Crippen molar-refractivity contribution in [2.24, 2.45) is 0 Å². The average Bonchev–Trinajstić information content (AvgIpc) is 2.49. The minimum Gasteiger partial charge on any atom is -0.389 e. The Morgan fingerprint density at radius 1 is 1.58 bits per heavy atom. The van der Waals surface area contributed by atoms with Gasteiger partial charge in [0.25, 0.3) is 0 Å². The molecule has 0 fully saturated rings. The van der Waals surface area contributed by atoms with Gasteiger partial charge in [-0.25, -0.2) is 4.98 Å². The summed E-state index contributed by atoms with van der Waals surface area (Å²) in [7, 11) is 0. The number of hydrogen-bond donors (Lipinski definition) is 2. The molecule has 0 saturated carbocycles. The van der Waals surface area contributed by atoms with E-state index in [0.717, 1.165) is 0 Å². The fraction of sp³-hybridized carbons (Fsp3) is 0.500. The molecule has 0 aliphatic heterocycles. The van der Waals surface area contributed by atoms with Crippen molar-refractivity contribution in [1.29, 1.82) is 0 Å². The maximum atomic E-state index is 9.45. The second-order valence-corrected chi connectivity index (χ2v) is 4.52. The highest BCUT2D eigenvalue weighted by Crippen LogP contribution is 2.24. The van der Waals surface area contributed by atoms with E-state index in [-0.39, 0.29) is 0 Å². The van der Waals surface area contributed by atoms with Crippen LogP contribution in [0, 0.1) is 0 Å². The van der Waals surface area contributed by atoms with Crippen LogP contribution in [-0.2, 0) is 0 Å². The minimum absolute atomic E-state index is 0.339. The molecule has 1 aromatic rings. The highest BCUT2D eigenvalue weighted by molar-refractivity contribution is 9.10. The monoisotopic (exact) mass is 315 g/mol. The van der Waals surface area contributed by atoms with Gasteiger partial charge in [-0.15, -0.1) is 11.3 Å². The van der Waals surface area contributed by atoms with Crippen LogP contribution in [0.3, 0.4) is 0 Å². The smallest absolute Gasteiger partial charge is 0.132 e. The highest BCUT2D eigenvalue weighted by Gasteiger charge is 2.19. The van der Waals surface area contributed by atoms with Crippen molar-refractivity contribution in [3.05, 3.63) is 15.0 Å². The Kier molecular flexibility index (Phi) is 4.12. The molecule has 0 aliphatic carbocycles. The zero-order valence-electron chi connectivity index (χ0n) is 5.94. The van der Waals surface area contributed by atoms with Gasteiger partial charge in [-0.2, -0.15) is 0 Å². The summed E-state index contributed by atoms with van der Waals surface area (Å²) in [5, 5.41) is 21.3. The number of rotatable bonds is 3. The molecule has 0 spiro atoms.